The lowest BCUT2D eigenvalue weighted by Gasteiger charge is -2.38. The Morgan fingerprint density at radius 3 is 1.51 bits per heavy atom. The largest absolute Gasteiger partial charge is 0.453 e. The zero-order valence-electron chi connectivity index (χ0n) is 29.0. The smallest absolute Gasteiger partial charge is 0.156 e. The molecule has 51 heavy (non-hydrogen) atoms. The standard InChI is InChI=1S/C48H35NO2/c1-47(2)34-17-7-5-13-32(34)44-30(15-11-19-36(44)47)28-23-24-39-41(25-28)51-43-27-29(26-42-46(43)49(39)38-21-9-10-22-40(38)50-42)31-16-12-20-37-45(31)33-14-6-8-18-35(33)48(37,3)4/h5-27H,1-4H3. The third-order valence-corrected chi connectivity index (χ3v) is 11.8. The van der Waals surface area contributed by atoms with Gasteiger partial charge in [0.25, 0.3) is 0 Å². The number of rotatable bonds is 2. The van der Waals surface area contributed by atoms with E-state index in [0.717, 1.165) is 51.2 Å². The van der Waals surface area contributed by atoms with Crippen LogP contribution in [0, 0.1) is 0 Å². The van der Waals surface area contributed by atoms with Gasteiger partial charge in [-0.3, -0.25) is 4.90 Å². The van der Waals surface area contributed by atoms with Gasteiger partial charge in [0.05, 0.1) is 11.4 Å². The Morgan fingerprint density at radius 2 is 0.863 bits per heavy atom. The molecule has 2 aliphatic heterocycles. The second-order valence-corrected chi connectivity index (χ2v) is 15.3. The van der Waals surface area contributed by atoms with Crippen LogP contribution in [0.25, 0.3) is 44.5 Å². The highest BCUT2D eigenvalue weighted by Crippen LogP contribution is 2.62. The molecule has 0 unspecified atom stereocenters. The van der Waals surface area contributed by atoms with Crippen molar-refractivity contribution >= 4 is 17.1 Å². The molecular weight excluding hydrogens is 623 g/mol. The number of para-hydroxylation sites is 2. The molecule has 7 aromatic carbocycles. The minimum absolute atomic E-state index is 0.0662. The molecule has 0 aromatic heterocycles. The molecule has 244 valence electrons. The zero-order chi connectivity index (χ0) is 34.2. The van der Waals surface area contributed by atoms with Crippen LogP contribution in [0.2, 0.25) is 0 Å². The first-order valence-corrected chi connectivity index (χ1v) is 17.9. The van der Waals surface area contributed by atoms with E-state index in [1.165, 1.54) is 55.6 Å². The number of hydrogen-bond donors (Lipinski definition) is 0. The van der Waals surface area contributed by atoms with Crippen molar-refractivity contribution in [3.8, 4) is 67.5 Å². The highest BCUT2D eigenvalue weighted by atomic mass is 16.5. The van der Waals surface area contributed by atoms with E-state index < -0.39 is 0 Å². The Balaban J connectivity index is 1.11. The van der Waals surface area contributed by atoms with E-state index in [9.17, 15) is 0 Å². The molecule has 3 nitrogen and oxygen atoms in total. The van der Waals surface area contributed by atoms with E-state index in [0.29, 0.717) is 0 Å². The first-order valence-electron chi connectivity index (χ1n) is 17.9. The molecule has 0 atom stereocenters. The average Bonchev–Trinajstić information content (AvgIpc) is 3.54. The van der Waals surface area contributed by atoms with Crippen molar-refractivity contribution in [2.24, 2.45) is 0 Å². The summed E-state index contributed by atoms with van der Waals surface area (Å²) in [5.74, 6) is 3.23. The molecule has 3 heteroatoms. The minimum Gasteiger partial charge on any atom is -0.453 e. The van der Waals surface area contributed by atoms with Crippen LogP contribution in [0.4, 0.5) is 17.1 Å². The van der Waals surface area contributed by atoms with Crippen molar-refractivity contribution in [2.45, 2.75) is 38.5 Å². The summed E-state index contributed by atoms with van der Waals surface area (Å²) in [6.45, 7) is 9.33. The van der Waals surface area contributed by atoms with Crippen LogP contribution in [0.5, 0.6) is 23.0 Å². The van der Waals surface area contributed by atoms with Crippen molar-refractivity contribution in [1.82, 2.24) is 0 Å². The van der Waals surface area contributed by atoms with E-state index in [1.807, 2.05) is 6.07 Å². The van der Waals surface area contributed by atoms with E-state index in [-0.39, 0.29) is 10.8 Å². The first-order chi connectivity index (χ1) is 24.8. The molecule has 7 aromatic rings. The van der Waals surface area contributed by atoms with Gasteiger partial charge in [0, 0.05) is 10.8 Å². The number of anilines is 3. The van der Waals surface area contributed by atoms with Crippen LogP contribution in [0.1, 0.15) is 49.9 Å². The summed E-state index contributed by atoms with van der Waals surface area (Å²) in [7, 11) is 0. The predicted octanol–water partition coefficient (Wildman–Crippen LogP) is 13.3. The van der Waals surface area contributed by atoms with E-state index in [2.05, 4.69) is 166 Å². The van der Waals surface area contributed by atoms with Crippen LogP contribution in [-0.2, 0) is 10.8 Å². The van der Waals surface area contributed by atoms with Crippen molar-refractivity contribution < 1.29 is 9.47 Å². The lowest BCUT2D eigenvalue weighted by atomic mass is 9.82. The van der Waals surface area contributed by atoms with E-state index in [1.54, 1.807) is 0 Å². The molecule has 2 heterocycles. The van der Waals surface area contributed by atoms with Crippen molar-refractivity contribution in [2.75, 3.05) is 4.90 Å². The molecule has 0 saturated heterocycles. The minimum atomic E-state index is -0.0875. The maximum atomic E-state index is 7.00. The van der Waals surface area contributed by atoms with Crippen LogP contribution in [-0.4, -0.2) is 0 Å². The zero-order valence-corrected chi connectivity index (χ0v) is 29.0. The maximum Gasteiger partial charge on any atom is 0.156 e. The van der Waals surface area contributed by atoms with Gasteiger partial charge >= 0.3 is 0 Å². The molecule has 4 aliphatic rings. The monoisotopic (exact) mass is 657 g/mol. The Hall–Kier alpha value is -6.06. The second kappa shape index (κ2) is 9.80. The van der Waals surface area contributed by atoms with Gasteiger partial charge in [0.15, 0.2) is 23.0 Å². The Labute approximate surface area is 298 Å². The summed E-state index contributed by atoms with van der Waals surface area (Å²) in [4.78, 5) is 2.32. The number of hydrogen-bond acceptors (Lipinski definition) is 3. The normalized spacial score (nSPS) is 15.6. The molecule has 0 spiro atoms. The lowest BCUT2D eigenvalue weighted by molar-refractivity contribution is 0.446. The maximum absolute atomic E-state index is 7.00. The number of fused-ring (bicyclic) bond motifs is 10. The van der Waals surface area contributed by atoms with Gasteiger partial charge in [-0.05, 0) is 103 Å². The highest BCUT2D eigenvalue weighted by Gasteiger charge is 2.40. The fourth-order valence-corrected chi connectivity index (χ4v) is 9.39. The van der Waals surface area contributed by atoms with Crippen molar-refractivity contribution in [3.05, 3.63) is 162 Å². The average molecular weight is 658 g/mol. The molecule has 0 radical (unpaired) electrons. The Morgan fingerprint density at radius 1 is 0.392 bits per heavy atom. The Kier molecular flexibility index (Phi) is 5.52. The molecular formula is C48H35NO2. The first kappa shape index (κ1) is 28.7. The van der Waals surface area contributed by atoms with Crippen molar-refractivity contribution in [3.63, 3.8) is 0 Å². The van der Waals surface area contributed by atoms with Gasteiger partial charge in [-0.1, -0.05) is 131 Å². The molecule has 11 rings (SSSR count). The summed E-state index contributed by atoms with van der Waals surface area (Å²) >= 11 is 0. The van der Waals surface area contributed by atoms with Crippen molar-refractivity contribution in [1.29, 1.82) is 0 Å². The van der Waals surface area contributed by atoms with Gasteiger partial charge < -0.3 is 9.47 Å². The van der Waals surface area contributed by atoms with E-state index >= 15 is 0 Å². The van der Waals surface area contributed by atoms with Crippen LogP contribution in [0.3, 0.4) is 0 Å². The van der Waals surface area contributed by atoms with Crippen LogP contribution in [0.15, 0.2) is 140 Å². The molecule has 0 fully saturated rings. The number of ether oxygens (including phenoxy) is 2. The van der Waals surface area contributed by atoms with Crippen LogP contribution < -0.4 is 14.4 Å². The fourth-order valence-electron chi connectivity index (χ4n) is 9.39. The van der Waals surface area contributed by atoms with Crippen LogP contribution >= 0.6 is 0 Å². The van der Waals surface area contributed by atoms with Gasteiger partial charge in [-0.2, -0.15) is 0 Å². The fraction of sp³-hybridized carbons (Fsp3) is 0.125. The Bertz CT molecular complexity index is 2660. The highest BCUT2D eigenvalue weighted by molar-refractivity contribution is 6.00. The summed E-state index contributed by atoms with van der Waals surface area (Å²) in [5.41, 5.74) is 18.1. The third-order valence-electron chi connectivity index (χ3n) is 11.8. The van der Waals surface area contributed by atoms with Gasteiger partial charge in [0.1, 0.15) is 5.69 Å². The van der Waals surface area contributed by atoms with E-state index in [4.69, 9.17) is 9.47 Å². The molecule has 0 saturated carbocycles. The topological polar surface area (TPSA) is 21.7 Å². The van der Waals surface area contributed by atoms with Gasteiger partial charge in [-0.25, -0.2) is 0 Å². The molecule has 0 N–H and O–H groups in total. The SMILES string of the molecule is CC1(C)c2ccccc2-c2c(-c3ccc4c(c3)Oc3cc(-c5cccc6c5-c5ccccc5C6(C)C)cc5c3N4c3ccccc3O5)cccc21. The van der Waals surface area contributed by atoms with Gasteiger partial charge in [0.2, 0.25) is 0 Å². The third kappa shape index (κ3) is 3.73. The van der Waals surface area contributed by atoms with Gasteiger partial charge in [-0.15, -0.1) is 0 Å². The molecule has 0 amide bonds. The summed E-state index contributed by atoms with van der Waals surface area (Å²) in [6, 6.07) is 50.5. The molecule has 2 aliphatic carbocycles. The second-order valence-electron chi connectivity index (χ2n) is 15.3. The molecule has 0 bridgehead atoms. The number of benzene rings is 7. The summed E-state index contributed by atoms with van der Waals surface area (Å²) in [6.07, 6.45) is 0. The quantitative estimate of drug-likeness (QED) is 0.185. The lowest BCUT2D eigenvalue weighted by Crippen LogP contribution is -2.20. The summed E-state index contributed by atoms with van der Waals surface area (Å²) in [5, 5.41) is 0. The number of nitrogens with zero attached hydrogens (tertiary/aromatic N) is 1. The predicted molar refractivity (Wildman–Crippen MR) is 207 cm³/mol. The summed E-state index contributed by atoms with van der Waals surface area (Å²) < 4.78 is 13.7.